The molecule has 164 valence electrons. The molecule has 2 aliphatic heterocycles. The summed E-state index contributed by atoms with van der Waals surface area (Å²) >= 11 is 5.77. The molecule has 8 heteroatoms. The number of pyridine rings is 1. The number of thiocarbonyl (C=S) groups is 1. The van der Waals surface area contributed by atoms with Crippen molar-refractivity contribution in [2.24, 2.45) is 0 Å². The first kappa shape index (κ1) is 20.7. The normalized spacial score (nSPS) is 22.8. The fourth-order valence-corrected chi connectivity index (χ4v) is 4.88. The maximum Gasteiger partial charge on any atom is 0.335 e. The number of aromatic nitrogens is 2. The molecule has 0 unspecified atom stereocenters. The van der Waals surface area contributed by atoms with Crippen molar-refractivity contribution in [1.29, 1.82) is 0 Å². The van der Waals surface area contributed by atoms with Gasteiger partial charge in [0.2, 0.25) is 0 Å². The second-order valence-electron chi connectivity index (χ2n) is 8.07. The van der Waals surface area contributed by atoms with Crippen molar-refractivity contribution in [3.8, 4) is 5.69 Å². The Balaban J connectivity index is 1.55. The van der Waals surface area contributed by atoms with Gasteiger partial charge in [-0.15, -0.1) is 0 Å². The topological polar surface area (TPSA) is 79.6 Å². The van der Waals surface area contributed by atoms with Crippen molar-refractivity contribution in [1.82, 2.24) is 19.8 Å². The predicted octanol–water partition coefficient (Wildman–Crippen LogP) is 3.72. The van der Waals surface area contributed by atoms with Gasteiger partial charge in [0.15, 0.2) is 5.11 Å². The Morgan fingerprint density at radius 1 is 1.19 bits per heavy atom. The van der Waals surface area contributed by atoms with Gasteiger partial charge in [-0.2, -0.15) is 0 Å². The van der Waals surface area contributed by atoms with E-state index in [9.17, 15) is 9.90 Å². The summed E-state index contributed by atoms with van der Waals surface area (Å²) in [5, 5.41) is 13.4. The van der Waals surface area contributed by atoms with E-state index in [0.29, 0.717) is 11.7 Å². The summed E-state index contributed by atoms with van der Waals surface area (Å²) in [5.41, 5.74) is 3.12. The zero-order valence-corrected chi connectivity index (χ0v) is 18.2. The highest BCUT2D eigenvalue weighted by Crippen LogP contribution is 2.40. The summed E-state index contributed by atoms with van der Waals surface area (Å²) < 4.78 is 8.00. The minimum Gasteiger partial charge on any atom is -0.478 e. The van der Waals surface area contributed by atoms with Crippen LogP contribution in [0.5, 0.6) is 0 Å². The molecule has 3 atom stereocenters. The van der Waals surface area contributed by atoms with Crippen LogP contribution in [0.4, 0.5) is 0 Å². The molecule has 0 spiro atoms. The molecule has 0 amide bonds. The molecule has 1 aromatic carbocycles. The Morgan fingerprint density at radius 3 is 2.72 bits per heavy atom. The lowest BCUT2D eigenvalue weighted by Crippen LogP contribution is -2.36. The summed E-state index contributed by atoms with van der Waals surface area (Å²) in [5.74, 6) is -0.937. The van der Waals surface area contributed by atoms with E-state index in [1.165, 1.54) is 0 Å². The van der Waals surface area contributed by atoms with Crippen LogP contribution in [0.3, 0.4) is 0 Å². The number of hydrogen-bond donors (Lipinski definition) is 2. The maximum absolute atomic E-state index is 11.3. The molecule has 7 nitrogen and oxygen atoms in total. The van der Waals surface area contributed by atoms with Gasteiger partial charge in [0, 0.05) is 36.9 Å². The van der Waals surface area contributed by atoms with Gasteiger partial charge in [-0.1, -0.05) is 6.07 Å². The SMILES string of the molecule is O=C(O)c1ccc(-n2cccc2[C@@H]2[C@H](c3ccccn3)NC(=S)N2C[C@H]2CCCO2)cc1. The van der Waals surface area contributed by atoms with Crippen LogP contribution in [-0.2, 0) is 4.74 Å². The fraction of sp³-hybridized carbons (Fsp3) is 0.292. The number of rotatable bonds is 6. The summed E-state index contributed by atoms with van der Waals surface area (Å²) in [6.07, 6.45) is 6.03. The molecular weight excluding hydrogens is 424 g/mol. The van der Waals surface area contributed by atoms with Crippen LogP contribution in [0, 0.1) is 0 Å². The molecule has 0 aliphatic carbocycles. The molecule has 2 aliphatic rings. The smallest absolute Gasteiger partial charge is 0.335 e. The monoisotopic (exact) mass is 448 g/mol. The Labute approximate surface area is 191 Å². The van der Waals surface area contributed by atoms with Gasteiger partial charge in [-0.3, -0.25) is 4.98 Å². The van der Waals surface area contributed by atoms with Gasteiger partial charge in [0.05, 0.1) is 29.4 Å². The number of ether oxygens (including phenoxy) is 1. The minimum atomic E-state index is -0.937. The van der Waals surface area contributed by atoms with Gasteiger partial charge in [-0.25, -0.2) is 4.79 Å². The molecule has 2 aromatic heterocycles. The molecule has 32 heavy (non-hydrogen) atoms. The predicted molar refractivity (Wildman–Crippen MR) is 124 cm³/mol. The summed E-state index contributed by atoms with van der Waals surface area (Å²) in [6, 6.07) is 16.7. The lowest BCUT2D eigenvalue weighted by atomic mass is 10.0. The number of aromatic carboxylic acids is 1. The van der Waals surface area contributed by atoms with Crippen LogP contribution < -0.4 is 5.32 Å². The molecule has 2 saturated heterocycles. The van der Waals surface area contributed by atoms with Crippen molar-refractivity contribution in [2.75, 3.05) is 13.2 Å². The Kier molecular flexibility index (Phi) is 5.63. The van der Waals surface area contributed by atoms with Crippen LogP contribution in [0.2, 0.25) is 0 Å². The lowest BCUT2D eigenvalue weighted by Gasteiger charge is -2.30. The molecule has 5 rings (SSSR count). The number of carbonyl (C=O) groups is 1. The van der Waals surface area contributed by atoms with Crippen LogP contribution in [0.25, 0.3) is 5.69 Å². The van der Waals surface area contributed by atoms with Crippen LogP contribution in [0.15, 0.2) is 67.0 Å². The van der Waals surface area contributed by atoms with Gasteiger partial charge in [0.25, 0.3) is 0 Å². The Morgan fingerprint density at radius 2 is 2.03 bits per heavy atom. The Hall–Kier alpha value is -3.23. The fourth-order valence-electron chi connectivity index (χ4n) is 4.57. The van der Waals surface area contributed by atoms with E-state index in [1.807, 2.05) is 42.6 Å². The standard InChI is InChI=1S/C24H24N4O3S/c29-23(30)16-8-10-17(11-9-16)27-13-3-7-20(27)22-21(19-6-1-2-12-25-19)26-24(32)28(22)15-18-5-4-14-31-18/h1-3,6-13,18,21-22H,4-5,14-15H2,(H,26,32)(H,29,30)/t18-,21+,22-/m1/s1. The molecule has 4 heterocycles. The van der Waals surface area contributed by atoms with Crippen LogP contribution in [-0.4, -0.2) is 49.9 Å². The van der Waals surface area contributed by atoms with E-state index in [1.54, 1.807) is 18.3 Å². The van der Waals surface area contributed by atoms with E-state index in [4.69, 9.17) is 17.0 Å². The number of nitrogens with one attached hydrogen (secondary N) is 1. The molecule has 0 radical (unpaired) electrons. The first-order valence-corrected chi connectivity index (χ1v) is 11.1. The van der Waals surface area contributed by atoms with E-state index >= 15 is 0 Å². The van der Waals surface area contributed by atoms with Crippen LogP contribution >= 0.6 is 12.2 Å². The average molecular weight is 449 g/mol. The first-order chi connectivity index (χ1) is 15.6. The van der Waals surface area contributed by atoms with Gasteiger partial charge in [0.1, 0.15) is 0 Å². The van der Waals surface area contributed by atoms with Crippen molar-refractivity contribution >= 4 is 23.3 Å². The van der Waals surface area contributed by atoms with E-state index in [0.717, 1.165) is 36.5 Å². The zero-order valence-electron chi connectivity index (χ0n) is 17.4. The van der Waals surface area contributed by atoms with Crippen molar-refractivity contribution in [3.05, 3.63) is 83.9 Å². The average Bonchev–Trinajstić information content (AvgIpc) is 3.56. The molecule has 0 saturated carbocycles. The summed E-state index contributed by atoms with van der Waals surface area (Å²) in [4.78, 5) is 18.1. The third-order valence-corrected chi connectivity index (χ3v) is 6.45. The second-order valence-corrected chi connectivity index (χ2v) is 8.46. The molecule has 2 N–H and O–H groups in total. The van der Waals surface area contributed by atoms with Gasteiger partial charge >= 0.3 is 5.97 Å². The number of carboxylic acids is 1. The van der Waals surface area contributed by atoms with E-state index < -0.39 is 5.97 Å². The van der Waals surface area contributed by atoms with Gasteiger partial charge < -0.3 is 24.6 Å². The number of benzene rings is 1. The third-order valence-electron chi connectivity index (χ3n) is 6.10. The molecule has 0 bridgehead atoms. The third kappa shape index (κ3) is 3.87. The highest BCUT2D eigenvalue weighted by Gasteiger charge is 2.42. The van der Waals surface area contributed by atoms with Crippen molar-refractivity contribution in [3.63, 3.8) is 0 Å². The van der Waals surface area contributed by atoms with Crippen molar-refractivity contribution in [2.45, 2.75) is 31.0 Å². The molecular formula is C24H24N4O3S. The lowest BCUT2D eigenvalue weighted by molar-refractivity contribution is 0.0697. The van der Waals surface area contributed by atoms with Gasteiger partial charge in [-0.05, 0) is 73.6 Å². The highest BCUT2D eigenvalue weighted by molar-refractivity contribution is 7.80. The zero-order chi connectivity index (χ0) is 22.1. The molecule has 2 fully saturated rings. The second kappa shape index (κ2) is 8.72. The largest absolute Gasteiger partial charge is 0.478 e. The number of carboxylic acid groups (broad SMARTS) is 1. The van der Waals surface area contributed by atoms with E-state index in [2.05, 4.69) is 25.8 Å². The summed E-state index contributed by atoms with van der Waals surface area (Å²) in [6.45, 7) is 1.50. The quantitative estimate of drug-likeness (QED) is 0.557. The minimum absolute atomic E-state index is 0.0873. The van der Waals surface area contributed by atoms with E-state index in [-0.39, 0.29) is 23.8 Å². The number of nitrogens with zero attached hydrogens (tertiary/aromatic N) is 3. The maximum atomic E-state index is 11.3. The van der Waals surface area contributed by atoms with Crippen molar-refractivity contribution < 1.29 is 14.6 Å². The number of hydrogen-bond acceptors (Lipinski definition) is 4. The highest BCUT2D eigenvalue weighted by atomic mass is 32.1. The summed E-state index contributed by atoms with van der Waals surface area (Å²) in [7, 11) is 0. The Bertz CT molecular complexity index is 1110. The van der Waals surface area contributed by atoms with Crippen LogP contribution in [0.1, 0.15) is 46.7 Å². The molecule has 3 aromatic rings. The first-order valence-electron chi connectivity index (χ1n) is 10.7.